The number of alkyl carbamates (subject to hydrolysis) is 1. The molecule has 2 aromatic heterocycles. The van der Waals surface area contributed by atoms with E-state index < -0.39 is 42.3 Å². The molecule has 272 valence electrons. The van der Waals surface area contributed by atoms with Gasteiger partial charge in [-0.3, -0.25) is 4.79 Å². The fourth-order valence-corrected chi connectivity index (χ4v) is 6.77. The van der Waals surface area contributed by atoms with Gasteiger partial charge in [-0.05, 0) is 73.3 Å². The monoisotopic (exact) mass is 732 g/mol. The molecule has 11 nitrogen and oxygen atoms in total. The largest absolute Gasteiger partial charge is 0.444 e. The summed E-state index contributed by atoms with van der Waals surface area (Å²) < 4.78 is 9.54. The average Bonchev–Trinajstić information content (AvgIpc) is 3.84. The Labute approximate surface area is 308 Å². The molecule has 0 bridgehead atoms. The summed E-state index contributed by atoms with van der Waals surface area (Å²) in [7, 11) is 1.66. The van der Waals surface area contributed by atoms with Crippen molar-refractivity contribution in [3.8, 4) is 0 Å². The van der Waals surface area contributed by atoms with Gasteiger partial charge in [-0.25, -0.2) is 18.9 Å². The maximum atomic E-state index is 14.1. The molecule has 0 spiro atoms. The van der Waals surface area contributed by atoms with Crippen LogP contribution in [0.4, 0.5) is 9.59 Å². The van der Waals surface area contributed by atoms with Crippen LogP contribution in [0.25, 0.3) is 5.57 Å². The highest BCUT2D eigenvalue weighted by molar-refractivity contribution is 7.10. The number of amides is 4. The molecule has 0 radical (unpaired) electrons. The Bertz CT molecular complexity index is 1700. The molecule has 4 aromatic rings. The molecular formula is C38H48N6O5S2. The average molecular weight is 733 g/mol. The van der Waals surface area contributed by atoms with E-state index in [-0.39, 0.29) is 19.1 Å². The standard InChI is InChI=1S/C38H48N6O5S2/c1-6-26(4)36-40-29(24-50-36)22-44(5)37(47)42-32(25(2)3)35(46)41-33(28-17-11-8-12-18-28)34(43-38(48)49-23-30-20-21-39-51-30)31(45)19-13-16-27-14-9-7-10-15-27/h6-12,14-15,17-18,20-21,24-25,31-34,45H,13,16,19,22-23H2,1-5H3,(H,41,46)(H,42,47)(H,43,48)/t31?,32-,33?,34?/m0/s1. The fourth-order valence-electron chi connectivity index (χ4n) is 5.43. The Hall–Kier alpha value is -4.59. The predicted octanol–water partition coefficient (Wildman–Crippen LogP) is 6.73. The number of thiazole rings is 1. The Morgan fingerprint density at radius 2 is 1.71 bits per heavy atom. The van der Waals surface area contributed by atoms with Crippen molar-refractivity contribution < 1.29 is 24.2 Å². The number of hydrogen-bond acceptors (Lipinski definition) is 9. The molecule has 0 saturated carbocycles. The number of aliphatic hydroxyl groups is 1. The Morgan fingerprint density at radius 1 is 1.00 bits per heavy atom. The van der Waals surface area contributed by atoms with Crippen LogP contribution >= 0.6 is 22.9 Å². The number of nitrogens with one attached hydrogen (secondary N) is 3. The molecule has 0 fully saturated rings. The lowest BCUT2D eigenvalue weighted by Crippen LogP contribution is -2.57. The minimum Gasteiger partial charge on any atom is -0.444 e. The van der Waals surface area contributed by atoms with E-state index in [9.17, 15) is 19.5 Å². The molecule has 51 heavy (non-hydrogen) atoms. The second-order valence-corrected chi connectivity index (χ2v) is 14.5. The molecule has 2 heterocycles. The first-order chi connectivity index (χ1) is 24.5. The molecule has 4 atom stereocenters. The van der Waals surface area contributed by atoms with Crippen molar-refractivity contribution in [2.45, 2.75) is 84.3 Å². The van der Waals surface area contributed by atoms with E-state index in [1.807, 2.05) is 99.8 Å². The van der Waals surface area contributed by atoms with Crippen LogP contribution in [-0.2, 0) is 29.1 Å². The highest BCUT2D eigenvalue weighted by Crippen LogP contribution is 2.24. The van der Waals surface area contributed by atoms with Crippen molar-refractivity contribution in [1.82, 2.24) is 30.2 Å². The van der Waals surface area contributed by atoms with Gasteiger partial charge in [-0.1, -0.05) is 80.6 Å². The van der Waals surface area contributed by atoms with Gasteiger partial charge >= 0.3 is 12.1 Å². The number of nitrogens with zero attached hydrogens (tertiary/aromatic N) is 3. The van der Waals surface area contributed by atoms with Crippen LogP contribution in [0.3, 0.4) is 0 Å². The van der Waals surface area contributed by atoms with E-state index in [1.165, 1.54) is 27.8 Å². The number of carbonyl (C=O) groups is 3. The first-order valence-corrected chi connectivity index (χ1v) is 18.7. The number of benzene rings is 2. The number of urea groups is 1. The first kappa shape index (κ1) is 39.2. The predicted molar refractivity (Wildman–Crippen MR) is 202 cm³/mol. The van der Waals surface area contributed by atoms with Gasteiger partial charge in [0.2, 0.25) is 5.91 Å². The van der Waals surface area contributed by atoms with Crippen LogP contribution < -0.4 is 16.0 Å². The summed E-state index contributed by atoms with van der Waals surface area (Å²) >= 11 is 2.74. The maximum Gasteiger partial charge on any atom is 0.407 e. The van der Waals surface area contributed by atoms with Crippen molar-refractivity contribution in [3.63, 3.8) is 0 Å². The van der Waals surface area contributed by atoms with Crippen LogP contribution in [0.1, 0.15) is 73.3 Å². The van der Waals surface area contributed by atoms with Gasteiger partial charge in [0.05, 0.1) is 35.3 Å². The van der Waals surface area contributed by atoms with Gasteiger partial charge < -0.3 is 30.7 Å². The van der Waals surface area contributed by atoms with Crippen LogP contribution in [0.2, 0.25) is 0 Å². The number of aliphatic hydroxyl groups excluding tert-OH is 1. The van der Waals surface area contributed by atoms with Crippen LogP contribution in [0.15, 0.2) is 84.4 Å². The van der Waals surface area contributed by atoms with E-state index in [1.54, 1.807) is 19.3 Å². The van der Waals surface area contributed by atoms with Gasteiger partial charge in [0.25, 0.3) is 0 Å². The molecule has 4 amide bonds. The Morgan fingerprint density at radius 3 is 2.35 bits per heavy atom. The van der Waals surface area contributed by atoms with Gasteiger partial charge in [-0.2, -0.15) is 0 Å². The van der Waals surface area contributed by atoms with Crippen LogP contribution in [0.5, 0.6) is 0 Å². The third-order valence-electron chi connectivity index (χ3n) is 8.46. The molecule has 4 rings (SSSR count). The second kappa shape index (κ2) is 19.7. The molecule has 0 aliphatic carbocycles. The molecule has 13 heteroatoms. The molecule has 0 aliphatic rings. The summed E-state index contributed by atoms with van der Waals surface area (Å²) in [4.78, 5) is 47.6. The number of ether oxygens (including phenoxy) is 1. The molecule has 3 unspecified atom stereocenters. The summed E-state index contributed by atoms with van der Waals surface area (Å²) in [6.45, 7) is 7.92. The van der Waals surface area contributed by atoms with Crippen LogP contribution in [-0.4, -0.2) is 62.6 Å². The maximum absolute atomic E-state index is 14.1. The zero-order chi connectivity index (χ0) is 36.8. The highest BCUT2D eigenvalue weighted by Gasteiger charge is 2.35. The number of aromatic nitrogens is 2. The molecule has 0 aliphatic heterocycles. The minimum absolute atomic E-state index is 0.0157. The van der Waals surface area contributed by atoms with Gasteiger partial charge in [0, 0.05) is 18.6 Å². The summed E-state index contributed by atoms with van der Waals surface area (Å²) in [6.07, 6.45) is 3.54. The lowest BCUT2D eigenvalue weighted by molar-refractivity contribution is -0.125. The quantitative estimate of drug-likeness (QED) is 0.0943. The van der Waals surface area contributed by atoms with Gasteiger partial charge in [-0.15, -0.1) is 11.3 Å². The zero-order valence-electron chi connectivity index (χ0n) is 29.7. The topological polar surface area (TPSA) is 146 Å². The Kier molecular flexibility index (Phi) is 15.1. The second-order valence-electron chi connectivity index (χ2n) is 12.7. The molecular weight excluding hydrogens is 685 g/mol. The third-order valence-corrected chi connectivity index (χ3v) is 10.2. The summed E-state index contributed by atoms with van der Waals surface area (Å²) in [5, 5.41) is 23.3. The summed E-state index contributed by atoms with van der Waals surface area (Å²) in [5.74, 6) is -0.741. The lowest BCUT2D eigenvalue weighted by Gasteiger charge is -2.34. The number of hydrogen-bond donors (Lipinski definition) is 4. The summed E-state index contributed by atoms with van der Waals surface area (Å²) in [6, 6.07) is 17.7. The summed E-state index contributed by atoms with van der Waals surface area (Å²) in [5.41, 5.74) is 3.61. The highest BCUT2D eigenvalue weighted by atomic mass is 32.1. The van der Waals surface area contributed by atoms with Crippen molar-refractivity contribution in [2.75, 3.05) is 7.05 Å². The SMILES string of the molecule is CC=C(C)c1nc(CN(C)C(=O)N[C@H](C(=O)NC(c2ccccc2)C(NC(=O)OCc2ccns2)C(O)CCCc2ccccc2)C(C)C)cs1. The van der Waals surface area contributed by atoms with Gasteiger partial charge in [0.15, 0.2) is 0 Å². The van der Waals surface area contributed by atoms with Crippen molar-refractivity contribution in [1.29, 1.82) is 0 Å². The van der Waals surface area contributed by atoms with Crippen molar-refractivity contribution >= 4 is 46.5 Å². The molecule has 0 saturated heterocycles. The zero-order valence-corrected chi connectivity index (χ0v) is 31.4. The molecule has 2 aromatic carbocycles. The fraction of sp³-hybridized carbons (Fsp3) is 0.395. The number of rotatable bonds is 17. The van der Waals surface area contributed by atoms with E-state index in [2.05, 4.69) is 25.3 Å². The number of aryl methyl sites for hydroxylation is 1. The van der Waals surface area contributed by atoms with Gasteiger partial charge in [0.1, 0.15) is 17.7 Å². The smallest absolute Gasteiger partial charge is 0.407 e. The normalized spacial score (nSPS) is 13.9. The number of allylic oxidation sites excluding steroid dienone is 2. The third kappa shape index (κ3) is 12.0. The van der Waals surface area contributed by atoms with Crippen LogP contribution in [0, 0.1) is 5.92 Å². The lowest BCUT2D eigenvalue weighted by atomic mass is 9.91. The van der Waals surface area contributed by atoms with E-state index in [0.29, 0.717) is 18.4 Å². The van der Waals surface area contributed by atoms with E-state index in [0.717, 1.165) is 33.1 Å². The van der Waals surface area contributed by atoms with E-state index in [4.69, 9.17) is 4.74 Å². The van der Waals surface area contributed by atoms with E-state index >= 15 is 0 Å². The van der Waals surface area contributed by atoms with Crippen molar-refractivity contribution in [3.05, 3.63) is 111 Å². The minimum atomic E-state index is -1.05. The van der Waals surface area contributed by atoms with Crippen molar-refractivity contribution in [2.24, 2.45) is 5.92 Å². The Balaban J connectivity index is 1.52. The molecule has 4 N–H and O–H groups in total. The first-order valence-electron chi connectivity index (χ1n) is 17.0. The number of carbonyl (C=O) groups excluding carboxylic acids is 3.